The molecule has 3 nitrogen and oxygen atoms in total. The number of aromatic nitrogens is 1. The van der Waals surface area contributed by atoms with Crippen LogP contribution >= 0.6 is 11.3 Å². The topological polar surface area (TPSA) is 37.0 Å². The fourth-order valence-corrected chi connectivity index (χ4v) is 2.07. The summed E-state index contributed by atoms with van der Waals surface area (Å²) in [5.41, 5.74) is 0. The van der Waals surface area contributed by atoms with E-state index in [-0.39, 0.29) is 0 Å². The van der Waals surface area contributed by atoms with E-state index >= 15 is 0 Å². The van der Waals surface area contributed by atoms with Gasteiger partial charge >= 0.3 is 0 Å². The minimum Gasteiger partial charge on any atom is -0.314 e. The van der Waals surface area contributed by atoms with Crippen molar-refractivity contribution in [1.29, 1.82) is 0 Å². The van der Waals surface area contributed by atoms with E-state index in [9.17, 15) is 0 Å². The Kier molecular flexibility index (Phi) is 5.83. The second-order valence-electron chi connectivity index (χ2n) is 3.98. The average molecular weight is 227 g/mol. The minimum atomic E-state index is 0.592. The van der Waals surface area contributed by atoms with Crippen LogP contribution in [0.15, 0.2) is 6.20 Å². The number of hydrogen-bond acceptors (Lipinski definition) is 4. The van der Waals surface area contributed by atoms with Gasteiger partial charge in [-0.2, -0.15) is 0 Å². The number of thiazole rings is 1. The van der Waals surface area contributed by atoms with Gasteiger partial charge in [-0.15, -0.1) is 11.3 Å². The van der Waals surface area contributed by atoms with Gasteiger partial charge in [0.2, 0.25) is 0 Å². The molecule has 0 saturated carbocycles. The maximum Gasteiger partial charge on any atom is 0.0897 e. The fraction of sp³-hybridized carbons (Fsp3) is 0.727. The van der Waals surface area contributed by atoms with Gasteiger partial charge in [0, 0.05) is 23.7 Å². The van der Waals surface area contributed by atoms with Crippen LogP contribution in [0.3, 0.4) is 0 Å². The highest BCUT2D eigenvalue weighted by atomic mass is 32.1. The van der Waals surface area contributed by atoms with E-state index in [2.05, 4.69) is 29.5 Å². The Morgan fingerprint density at radius 1 is 1.40 bits per heavy atom. The highest BCUT2D eigenvalue weighted by molar-refractivity contribution is 7.11. The van der Waals surface area contributed by atoms with Crippen molar-refractivity contribution in [3.8, 4) is 0 Å². The third-order valence-corrected chi connectivity index (χ3v) is 2.96. The first-order valence-corrected chi connectivity index (χ1v) is 6.35. The molecule has 0 fully saturated rings. The smallest absolute Gasteiger partial charge is 0.0897 e. The number of nitrogens with one attached hydrogen (secondary N) is 2. The molecule has 1 heterocycles. The second-order valence-corrected chi connectivity index (χ2v) is 5.30. The molecular formula is C11H21N3S. The van der Waals surface area contributed by atoms with Crippen LogP contribution < -0.4 is 10.6 Å². The zero-order chi connectivity index (χ0) is 11.1. The van der Waals surface area contributed by atoms with Gasteiger partial charge in [-0.1, -0.05) is 13.8 Å². The summed E-state index contributed by atoms with van der Waals surface area (Å²) in [4.78, 5) is 5.54. The lowest BCUT2D eigenvalue weighted by Crippen LogP contribution is -2.26. The number of hydrogen-bond donors (Lipinski definition) is 2. The average Bonchev–Trinajstić information content (AvgIpc) is 2.57. The van der Waals surface area contributed by atoms with Gasteiger partial charge in [0.05, 0.1) is 5.01 Å². The van der Waals surface area contributed by atoms with Gasteiger partial charge < -0.3 is 10.6 Å². The van der Waals surface area contributed by atoms with Crippen LogP contribution in [0.1, 0.15) is 30.2 Å². The molecule has 0 aliphatic heterocycles. The largest absolute Gasteiger partial charge is 0.314 e. The summed E-state index contributed by atoms with van der Waals surface area (Å²) in [7, 11) is 0. The Balaban J connectivity index is 1.98. The Labute approximate surface area is 96.3 Å². The predicted molar refractivity (Wildman–Crippen MR) is 66.3 cm³/mol. The fourth-order valence-electron chi connectivity index (χ4n) is 1.30. The van der Waals surface area contributed by atoms with Gasteiger partial charge in [-0.3, -0.25) is 0 Å². The van der Waals surface area contributed by atoms with E-state index in [0.717, 1.165) is 24.6 Å². The lowest BCUT2D eigenvalue weighted by Gasteiger charge is -2.07. The van der Waals surface area contributed by atoms with E-state index in [1.54, 1.807) is 11.3 Å². The molecule has 0 aliphatic rings. The van der Waals surface area contributed by atoms with Gasteiger partial charge in [-0.05, 0) is 26.4 Å². The van der Waals surface area contributed by atoms with Crippen LogP contribution in [-0.4, -0.2) is 24.1 Å². The number of nitrogens with zero attached hydrogens (tertiary/aromatic N) is 1. The summed E-state index contributed by atoms with van der Waals surface area (Å²) in [6.07, 6.45) is 3.13. The summed E-state index contributed by atoms with van der Waals surface area (Å²) < 4.78 is 0. The highest BCUT2D eigenvalue weighted by Gasteiger charge is 1.97. The zero-order valence-corrected chi connectivity index (χ0v) is 10.7. The molecule has 0 unspecified atom stereocenters. The first-order valence-electron chi connectivity index (χ1n) is 5.54. The maximum absolute atomic E-state index is 4.22. The summed E-state index contributed by atoms with van der Waals surface area (Å²) in [5, 5.41) is 7.96. The van der Waals surface area contributed by atoms with Crippen molar-refractivity contribution in [3.05, 3.63) is 16.1 Å². The molecule has 2 N–H and O–H groups in total. The number of aryl methyl sites for hydroxylation is 1. The van der Waals surface area contributed by atoms with Crippen LogP contribution in [0, 0.1) is 6.92 Å². The lowest BCUT2D eigenvalue weighted by molar-refractivity contribution is 0.548. The van der Waals surface area contributed by atoms with Crippen LogP contribution in [-0.2, 0) is 6.54 Å². The molecule has 15 heavy (non-hydrogen) atoms. The van der Waals surface area contributed by atoms with E-state index in [1.165, 1.54) is 11.3 Å². The Hall–Kier alpha value is -0.450. The quantitative estimate of drug-likeness (QED) is 0.699. The van der Waals surface area contributed by atoms with Crippen LogP contribution in [0.2, 0.25) is 0 Å². The second kappa shape index (κ2) is 6.93. The van der Waals surface area contributed by atoms with Crippen molar-refractivity contribution in [3.63, 3.8) is 0 Å². The van der Waals surface area contributed by atoms with Gasteiger partial charge in [0.25, 0.3) is 0 Å². The van der Waals surface area contributed by atoms with Gasteiger partial charge in [-0.25, -0.2) is 4.98 Å². The molecule has 0 atom stereocenters. The minimum absolute atomic E-state index is 0.592. The Morgan fingerprint density at radius 2 is 2.20 bits per heavy atom. The van der Waals surface area contributed by atoms with Crippen molar-refractivity contribution in [2.45, 2.75) is 39.8 Å². The monoisotopic (exact) mass is 227 g/mol. The molecule has 0 amide bonds. The van der Waals surface area contributed by atoms with Crippen molar-refractivity contribution < 1.29 is 0 Å². The van der Waals surface area contributed by atoms with Gasteiger partial charge in [0.15, 0.2) is 0 Å². The lowest BCUT2D eigenvalue weighted by atomic mass is 10.3. The number of rotatable bonds is 7. The molecule has 0 aliphatic carbocycles. The van der Waals surface area contributed by atoms with Crippen molar-refractivity contribution in [2.75, 3.05) is 13.1 Å². The summed E-state index contributed by atoms with van der Waals surface area (Å²) >= 11 is 1.77. The standard InChI is InChI=1S/C11H21N3S/c1-9(2)13-6-4-5-12-7-11-8-14-10(3)15-11/h8-9,12-13H,4-7H2,1-3H3. The maximum atomic E-state index is 4.22. The van der Waals surface area contributed by atoms with Crippen LogP contribution in [0.4, 0.5) is 0 Å². The van der Waals surface area contributed by atoms with Gasteiger partial charge in [0.1, 0.15) is 0 Å². The normalized spacial score (nSPS) is 11.2. The van der Waals surface area contributed by atoms with Crippen LogP contribution in [0.25, 0.3) is 0 Å². The van der Waals surface area contributed by atoms with E-state index in [1.807, 2.05) is 13.1 Å². The first kappa shape index (κ1) is 12.6. The molecule has 0 radical (unpaired) electrons. The molecule has 0 aromatic carbocycles. The zero-order valence-electron chi connectivity index (χ0n) is 9.84. The summed E-state index contributed by atoms with van der Waals surface area (Å²) in [6.45, 7) is 9.50. The molecule has 0 bridgehead atoms. The predicted octanol–water partition coefficient (Wildman–Crippen LogP) is 1.93. The summed E-state index contributed by atoms with van der Waals surface area (Å²) in [5.74, 6) is 0. The van der Waals surface area contributed by atoms with E-state index < -0.39 is 0 Å². The molecule has 0 spiro atoms. The molecule has 0 saturated heterocycles. The van der Waals surface area contributed by atoms with Crippen molar-refractivity contribution in [1.82, 2.24) is 15.6 Å². The molecule has 4 heteroatoms. The van der Waals surface area contributed by atoms with Crippen molar-refractivity contribution in [2.24, 2.45) is 0 Å². The molecule has 1 rings (SSSR count). The third kappa shape index (κ3) is 5.87. The third-order valence-electron chi connectivity index (χ3n) is 2.05. The van der Waals surface area contributed by atoms with Crippen molar-refractivity contribution >= 4 is 11.3 Å². The molecule has 86 valence electrons. The molecule has 1 aromatic heterocycles. The SMILES string of the molecule is Cc1ncc(CNCCCNC(C)C)s1. The molecular weight excluding hydrogens is 206 g/mol. The Bertz CT molecular complexity index is 271. The Morgan fingerprint density at radius 3 is 2.80 bits per heavy atom. The summed E-state index contributed by atoms with van der Waals surface area (Å²) in [6, 6.07) is 0.592. The molecule has 1 aromatic rings. The van der Waals surface area contributed by atoms with Crippen LogP contribution in [0.5, 0.6) is 0 Å². The van der Waals surface area contributed by atoms with E-state index in [0.29, 0.717) is 6.04 Å². The first-order chi connectivity index (χ1) is 7.18. The van der Waals surface area contributed by atoms with E-state index in [4.69, 9.17) is 0 Å². The highest BCUT2D eigenvalue weighted by Crippen LogP contribution is 2.10.